The molecule has 0 aromatic rings. The molecule has 0 aromatic heterocycles. The van der Waals surface area contributed by atoms with E-state index in [1.165, 1.54) is 32.4 Å². The van der Waals surface area contributed by atoms with E-state index in [2.05, 4.69) is 17.1 Å². The monoisotopic (exact) mass is 212 g/mol. The molecule has 0 radical (unpaired) electrons. The van der Waals surface area contributed by atoms with Gasteiger partial charge in [0.25, 0.3) is 0 Å². The van der Waals surface area contributed by atoms with Gasteiger partial charge in [-0.2, -0.15) is 0 Å². The van der Waals surface area contributed by atoms with E-state index in [0.29, 0.717) is 12.5 Å². The molecule has 1 aliphatic carbocycles. The summed E-state index contributed by atoms with van der Waals surface area (Å²) in [4.78, 5) is 2.50. The lowest BCUT2D eigenvalue weighted by Crippen LogP contribution is -2.33. The van der Waals surface area contributed by atoms with E-state index in [1.54, 1.807) is 0 Å². The number of hydrogen-bond acceptors (Lipinski definition) is 3. The largest absolute Gasteiger partial charge is 0.396 e. The maximum Gasteiger partial charge on any atom is 0.0471 e. The summed E-state index contributed by atoms with van der Waals surface area (Å²) >= 11 is 0. The molecule has 2 N–H and O–H groups in total. The van der Waals surface area contributed by atoms with Crippen molar-refractivity contribution in [3.05, 3.63) is 0 Å². The van der Waals surface area contributed by atoms with Gasteiger partial charge < -0.3 is 15.3 Å². The first-order valence-electron chi connectivity index (χ1n) is 6.34. The molecule has 1 heterocycles. The van der Waals surface area contributed by atoms with Crippen LogP contribution in [0.4, 0.5) is 0 Å². The van der Waals surface area contributed by atoms with Crippen molar-refractivity contribution < 1.29 is 5.11 Å². The standard InChI is InChI=1S/C12H24N2O/c1-10(6-13-12-2-3-12)7-14-5-4-11(8-14)9-15/h10-13,15H,2-9H2,1H3. The Bertz CT molecular complexity index is 194. The van der Waals surface area contributed by atoms with Crippen molar-refractivity contribution in [2.24, 2.45) is 11.8 Å². The topological polar surface area (TPSA) is 35.5 Å². The summed E-state index contributed by atoms with van der Waals surface area (Å²) in [6.45, 7) is 7.32. The number of aliphatic hydroxyl groups is 1. The average Bonchev–Trinajstić information content (AvgIpc) is 2.96. The van der Waals surface area contributed by atoms with Crippen LogP contribution in [0.25, 0.3) is 0 Å². The van der Waals surface area contributed by atoms with Gasteiger partial charge in [0, 0.05) is 25.7 Å². The SMILES string of the molecule is CC(CNC1CC1)CN1CCC(CO)C1. The van der Waals surface area contributed by atoms with E-state index in [0.717, 1.165) is 25.0 Å². The van der Waals surface area contributed by atoms with E-state index in [1.807, 2.05) is 0 Å². The first-order valence-corrected chi connectivity index (χ1v) is 6.34. The molecule has 0 amide bonds. The maximum atomic E-state index is 9.06. The summed E-state index contributed by atoms with van der Waals surface area (Å²) in [5.74, 6) is 1.27. The zero-order valence-corrected chi connectivity index (χ0v) is 9.78. The molecular formula is C12H24N2O. The molecular weight excluding hydrogens is 188 g/mol. The molecule has 0 aromatic carbocycles. The molecule has 2 rings (SSSR count). The third-order valence-electron chi connectivity index (χ3n) is 3.53. The van der Waals surface area contributed by atoms with Crippen LogP contribution in [0.5, 0.6) is 0 Å². The van der Waals surface area contributed by atoms with Crippen LogP contribution >= 0.6 is 0 Å². The second kappa shape index (κ2) is 5.28. The summed E-state index contributed by atoms with van der Waals surface area (Å²) in [6.07, 6.45) is 3.94. The fourth-order valence-corrected chi connectivity index (χ4v) is 2.39. The van der Waals surface area contributed by atoms with Crippen molar-refractivity contribution in [3.8, 4) is 0 Å². The fourth-order valence-electron chi connectivity index (χ4n) is 2.39. The van der Waals surface area contributed by atoms with Crippen LogP contribution in [0.1, 0.15) is 26.2 Å². The Balaban J connectivity index is 1.58. The van der Waals surface area contributed by atoms with E-state index in [4.69, 9.17) is 5.11 Å². The van der Waals surface area contributed by atoms with Gasteiger partial charge in [-0.1, -0.05) is 6.92 Å². The minimum absolute atomic E-state index is 0.366. The molecule has 2 fully saturated rings. The second-order valence-electron chi connectivity index (χ2n) is 5.38. The van der Waals surface area contributed by atoms with Gasteiger partial charge in [0.05, 0.1) is 0 Å². The quantitative estimate of drug-likeness (QED) is 0.680. The number of nitrogens with one attached hydrogen (secondary N) is 1. The Morgan fingerprint density at radius 2 is 2.20 bits per heavy atom. The van der Waals surface area contributed by atoms with Crippen LogP contribution in [-0.2, 0) is 0 Å². The predicted octanol–water partition coefficient (Wildman–Crippen LogP) is 0.689. The van der Waals surface area contributed by atoms with Crippen LogP contribution in [0.2, 0.25) is 0 Å². The van der Waals surface area contributed by atoms with Crippen molar-refractivity contribution >= 4 is 0 Å². The van der Waals surface area contributed by atoms with Crippen molar-refractivity contribution in [1.29, 1.82) is 0 Å². The molecule has 3 nitrogen and oxygen atoms in total. The third kappa shape index (κ3) is 3.74. The lowest BCUT2D eigenvalue weighted by molar-refractivity contribution is 0.214. The highest BCUT2D eigenvalue weighted by atomic mass is 16.3. The van der Waals surface area contributed by atoms with E-state index in [9.17, 15) is 0 Å². The number of nitrogens with zero attached hydrogens (tertiary/aromatic N) is 1. The third-order valence-corrected chi connectivity index (χ3v) is 3.53. The van der Waals surface area contributed by atoms with Crippen LogP contribution in [-0.4, -0.2) is 48.8 Å². The molecule has 0 spiro atoms. The molecule has 1 saturated heterocycles. The summed E-state index contributed by atoms with van der Waals surface area (Å²) in [7, 11) is 0. The van der Waals surface area contributed by atoms with Gasteiger partial charge in [-0.05, 0) is 44.2 Å². The number of hydrogen-bond donors (Lipinski definition) is 2. The molecule has 3 heteroatoms. The van der Waals surface area contributed by atoms with Crippen molar-refractivity contribution in [2.45, 2.75) is 32.2 Å². The predicted molar refractivity (Wildman–Crippen MR) is 61.8 cm³/mol. The molecule has 1 saturated carbocycles. The zero-order chi connectivity index (χ0) is 10.7. The van der Waals surface area contributed by atoms with E-state index in [-0.39, 0.29) is 0 Å². The molecule has 2 unspecified atom stereocenters. The average molecular weight is 212 g/mol. The number of likely N-dealkylation sites (tertiary alicyclic amines) is 1. The van der Waals surface area contributed by atoms with E-state index >= 15 is 0 Å². The van der Waals surface area contributed by atoms with Crippen LogP contribution < -0.4 is 5.32 Å². The normalized spacial score (nSPS) is 29.6. The Morgan fingerprint density at radius 1 is 1.40 bits per heavy atom. The maximum absolute atomic E-state index is 9.06. The Hall–Kier alpha value is -0.120. The molecule has 15 heavy (non-hydrogen) atoms. The molecule has 2 aliphatic rings. The molecule has 1 aliphatic heterocycles. The van der Waals surface area contributed by atoms with Gasteiger partial charge in [-0.25, -0.2) is 0 Å². The number of aliphatic hydroxyl groups excluding tert-OH is 1. The highest BCUT2D eigenvalue weighted by Gasteiger charge is 2.24. The van der Waals surface area contributed by atoms with Crippen LogP contribution in [0.3, 0.4) is 0 Å². The van der Waals surface area contributed by atoms with Crippen molar-refractivity contribution in [1.82, 2.24) is 10.2 Å². The summed E-state index contributed by atoms with van der Waals surface area (Å²) in [6, 6.07) is 0.830. The first kappa shape index (κ1) is 11.4. The Morgan fingerprint density at radius 3 is 2.80 bits per heavy atom. The Labute approximate surface area is 92.8 Å². The van der Waals surface area contributed by atoms with Crippen molar-refractivity contribution in [2.75, 3.05) is 32.8 Å². The minimum atomic E-state index is 0.366. The van der Waals surface area contributed by atoms with Gasteiger partial charge in [-0.15, -0.1) is 0 Å². The van der Waals surface area contributed by atoms with E-state index < -0.39 is 0 Å². The van der Waals surface area contributed by atoms with Gasteiger partial charge in [-0.3, -0.25) is 0 Å². The smallest absolute Gasteiger partial charge is 0.0471 e. The van der Waals surface area contributed by atoms with Gasteiger partial charge in [0.2, 0.25) is 0 Å². The molecule has 2 atom stereocenters. The minimum Gasteiger partial charge on any atom is -0.396 e. The van der Waals surface area contributed by atoms with Gasteiger partial charge in [0.1, 0.15) is 0 Å². The Kier molecular flexibility index (Phi) is 4.00. The second-order valence-corrected chi connectivity index (χ2v) is 5.38. The lowest BCUT2D eigenvalue weighted by atomic mass is 10.1. The highest BCUT2D eigenvalue weighted by Crippen LogP contribution is 2.20. The fraction of sp³-hybridized carbons (Fsp3) is 1.00. The zero-order valence-electron chi connectivity index (χ0n) is 9.78. The van der Waals surface area contributed by atoms with Crippen LogP contribution in [0.15, 0.2) is 0 Å². The summed E-state index contributed by atoms with van der Waals surface area (Å²) < 4.78 is 0. The van der Waals surface area contributed by atoms with Crippen molar-refractivity contribution in [3.63, 3.8) is 0 Å². The summed E-state index contributed by atoms with van der Waals surface area (Å²) in [5, 5.41) is 12.6. The highest BCUT2D eigenvalue weighted by molar-refractivity contribution is 4.82. The van der Waals surface area contributed by atoms with Gasteiger partial charge >= 0.3 is 0 Å². The van der Waals surface area contributed by atoms with Crippen LogP contribution in [0, 0.1) is 11.8 Å². The lowest BCUT2D eigenvalue weighted by Gasteiger charge is -2.21. The summed E-state index contributed by atoms with van der Waals surface area (Å²) in [5.41, 5.74) is 0. The molecule has 0 bridgehead atoms. The number of rotatable bonds is 6. The first-order chi connectivity index (χ1) is 7.28. The van der Waals surface area contributed by atoms with Gasteiger partial charge in [0.15, 0.2) is 0 Å². The molecule has 88 valence electrons.